The topological polar surface area (TPSA) is 88.5 Å². The summed E-state index contributed by atoms with van der Waals surface area (Å²) in [4.78, 5) is 0. The number of hydrogen-bond acceptors (Lipinski definition) is 2. The highest BCUT2D eigenvalue weighted by Gasteiger charge is 1.90. The predicted molar refractivity (Wildman–Crippen MR) is 54.5 cm³/mol. The monoisotopic (exact) mass is 189 g/mol. The second kappa shape index (κ2) is 6.66. The molecule has 0 heterocycles. The predicted octanol–water partition coefficient (Wildman–Crippen LogP) is -0.561. The maximum absolute atomic E-state index is 5.07. The Morgan fingerprint density at radius 1 is 1.50 bits per heavy atom. The summed E-state index contributed by atoms with van der Waals surface area (Å²) in [5, 5.41) is 6.90. The van der Waals surface area contributed by atoms with Crippen molar-refractivity contribution < 1.29 is 0 Å². The maximum Gasteiger partial charge on any atom is 0.208 e. The molecule has 0 saturated heterocycles. The molecule has 0 amide bonds. The molecule has 0 aliphatic rings. The van der Waals surface area contributed by atoms with Crippen LogP contribution in [-0.4, -0.2) is 17.6 Å². The van der Waals surface area contributed by atoms with Crippen LogP contribution in [0.3, 0.4) is 0 Å². The average Bonchev–Trinajstić information content (AvgIpc) is 2.01. The first kappa shape index (κ1) is 11.0. The van der Waals surface area contributed by atoms with E-state index in [1.807, 2.05) is 0 Å². The standard InChI is InChI=1S/C6H15N5S/c1-2-3-4-9-6(12)11-10-5(7)8/h2-4H2,1H3,(H4,7,8,10)(H2,9,11,12). The van der Waals surface area contributed by atoms with Gasteiger partial charge in [-0.2, -0.15) is 0 Å². The van der Waals surface area contributed by atoms with Crippen LogP contribution in [0.2, 0.25) is 0 Å². The zero-order valence-electron chi connectivity index (χ0n) is 7.13. The smallest absolute Gasteiger partial charge is 0.208 e. The van der Waals surface area contributed by atoms with Crippen molar-refractivity contribution in [3.8, 4) is 0 Å². The summed E-state index contributed by atoms with van der Waals surface area (Å²) in [7, 11) is 0. The molecule has 0 aliphatic heterocycles. The van der Waals surface area contributed by atoms with Gasteiger partial charge in [0, 0.05) is 6.54 Å². The molecule has 70 valence electrons. The van der Waals surface area contributed by atoms with Crippen LogP contribution in [-0.2, 0) is 0 Å². The largest absolute Gasteiger partial charge is 0.369 e. The average molecular weight is 189 g/mol. The Morgan fingerprint density at radius 2 is 2.17 bits per heavy atom. The second-order valence-electron chi connectivity index (χ2n) is 2.26. The van der Waals surface area contributed by atoms with E-state index < -0.39 is 0 Å². The fourth-order valence-electron chi connectivity index (χ4n) is 0.534. The van der Waals surface area contributed by atoms with Crippen LogP contribution >= 0.6 is 12.2 Å². The Kier molecular flexibility index (Phi) is 6.08. The molecule has 0 radical (unpaired) electrons. The molecule has 5 nitrogen and oxygen atoms in total. The van der Waals surface area contributed by atoms with Crippen LogP contribution in [0.5, 0.6) is 0 Å². The van der Waals surface area contributed by atoms with Gasteiger partial charge in [-0.05, 0) is 18.6 Å². The van der Waals surface area contributed by atoms with Crippen LogP contribution in [0.25, 0.3) is 0 Å². The van der Waals surface area contributed by atoms with Crippen molar-refractivity contribution in [2.45, 2.75) is 19.8 Å². The summed E-state index contributed by atoms with van der Waals surface area (Å²) in [5.74, 6) is -0.0327. The fraction of sp³-hybridized carbons (Fsp3) is 0.667. The maximum atomic E-state index is 5.07. The van der Waals surface area contributed by atoms with Gasteiger partial charge in [0.15, 0.2) is 5.11 Å². The summed E-state index contributed by atoms with van der Waals surface area (Å²) < 4.78 is 0. The van der Waals surface area contributed by atoms with E-state index in [0.29, 0.717) is 5.11 Å². The third kappa shape index (κ3) is 7.07. The summed E-state index contributed by atoms with van der Waals surface area (Å²) in [5.41, 5.74) is 12.6. The van der Waals surface area contributed by atoms with Gasteiger partial charge in [-0.25, -0.2) is 0 Å². The summed E-state index contributed by atoms with van der Waals surface area (Å²) in [6.45, 7) is 2.94. The van der Waals surface area contributed by atoms with Gasteiger partial charge in [-0.1, -0.05) is 13.3 Å². The van der Waals surface area contributed by atoms with Crippen molar-refractivity contribution in [1.29, 1.82) is 0 Å². The molecule has 0 bridgehead atoms. The first-order valence-electron chi connectivity index (χ1n) is 3.79. The van der Waals surface area contributed by atoms with Crippen LogP contribution < -0.4 is 22.2 Å². The number of nitrogens with two attached hydrogens (primary N) is 2. The van der Waals surface area contributed by atoms with Crippen molar-refractivity contribution in [3.05, 3.63) is 0 Å². The molecule has 0 spiro atoms. The van der Waals surface area contributed by atoms with E-state index in [-0.39, 0.29) is 5.96 Å². The second-order valence-corrected chi connectivity index (χ2v) is 2.67. The van der Waals surface area contributed by atoms with Crippen molar-refractivity contribution >= 4 is 23.3 Å². The van der Waals surface area contributed by atoms with Crippen molar-refractivity contribution in [2.75, 3.05) is 6.54 Å². The Hall–Kier alpha value is -1.04. The summed E-state index contributed by atoms with van der Waals surface area (Å²) in [6.07, 6.45) is 2.20. The molecule has 0 rings (SSSR count). The third-order valence-electron chi connectivity index (χ3n) is 1.10. The quantitative estimate of drug-likeness (QED) is 0.156. The molecular weight excluding hydrogens is 174 g/mol. The Bertz CT molecular complexity index is 163. The van der Waals surface area contributed by atoms with Gasteiger partial charge in [0.25, 0.3) is 0 Å². The minimum Gasteiger partial charge on any atom is -0.369 e. The van der Waals surface area contributed by atoms with Crippen molar-refractivity contribution in [3.63, 3.8) is 0 Å². The van der Waals surface area contributed by atoms with Gasteiger partial charge in [0.05, 0.1) is 0 Å². The van der Waals surface area contributed by atoms with Gasteiger partial charge < -0.3 is 16.8 Å². The van der Waals surface area contributed by atoms with E-state index in [2.05, 4.69) is 22.8 Å². The lowest BCUT2D eigenvalue weighted by atomic mass is 10.3. The highest BCUT2D eigenvalue weighted by atomic mass is 32.1. The summed E-state index contributed by atoms with van der Waals surface area (Å²) in [6, 6.07) is 0. The molecule has 0 saturated carbocycles. The molecule has 0 atom stereocenters. The van der Waals surface area contributed by atoms with E-state index >= 15 is 0 Å². The molecule has 0 aromatic rings. The number of guanidine groups is 1. The molecule has 12 heavy (non-hydrogen) atoms. The lowest BCUT2D eigenvalue weighted by molar-refractivity contribution is 0.744. The molecule has 0 aromatic heterocycles. The lowest BCUT2D eigenvalue weighted by Crippen LogP contribution is -2.35. The number of nitrogens with one attached hydrogen (secondary N) is 2. The first-order valence-corrected chi connectivity index (χ1v) is 4.20. The normalized spacial score (nSPS) is 8.75. The van der Waals surface area contributed by atoms with E-state index in [9.17, 15) is 0 Å². The molecule has 6 heteroatoms. The first-order chi connectivity index (χ1) is 5.66. The van der Waals surface area contributed by atoms with Gasteiger partial charge >= 0.3 is 0 Å². The van der Waals surface area contributed by atoms with Crippen molar-refractivity contribution in [2.24, 2.45) is 16.6 Å². The fourth-order valence-corrected chi connectivity index (χ4v) is 0.681. The lowest BCUT2D eigenvalue weighted by Gasteiger charge is -2.05. The van der Waals surface area contributed by atoms with Crippen LogP contribution in [0.4, 0.5) is 0 Å². The number of nitrogens with zero attached hydrogens (tertiary/aromatic N) is 1. The minimum absolute atomic E-state index is 0.0327. The van der Waals surface area contributed by atoms with Gasteiger partial charge in [-0.15, -0.1) is 5.10 Å². The number of rotatable bonds is 4. The number of hydrazone groups is 1. The summed E-state index contributed by atoms with van der Waals surface area (Å²) >= 11 is 4.85. The molecule has 0 unspecified atom stereocenters. The minimum atomic E-state index is -0.0327. The van der Waals surface area contributed by atoms with Crippen LogP contribution in [0, 0.1) is 0 Å². The van der Waals surface area contributed by atoms with Crippen LogP contribution in [0.1, 0.15) is 19.8 Å². The van der Waals surface area contributed by atoms with Crippen molar-refractivity contribution in [1.82, 2.24) is 10.7 Å². The van der Waals surface area contributed by atoms with E-state index in [0.717, 1.165) is 19.4 Å². The molecule has 0 aromatic carbocycles. The molecule has 6 N–H and O–H groups in total. The number of hydrogen-bond donors (Lipinski definition) is 4. The van der Waals surface area contributed by atoms with Gasteiger partial charge in [0.2, 0.25) is 5.96 Å². The Labute approximate surface area is 77.6 Å². The van der Waals surface area contributed by atoms with E-state index in [4.69, 9.17) is 23.7 Å². The van der Waals surface area contributed by atoms with Crippen LogP contribution in [0.15, 0.2) is 5.10 Å². The Balaban J connectivity index is 3.41. The van der Waals surface area contributed by atoms with E-state index in [1.165, 1.54) is 0 Å². The SMILES string of the molecule is CCCCNC(=S)NN=C(N)N. The number of thiocarbonyl (C=S) groups is 1. The molecular formula is C6H15N5S. The highest BCUT2D eigenvalue weighted by molar-refractivity contribution is 7.80. The van der Waals surface area contributed by atoms with E-state index in [1.54, 1.807) is 0 Å². The third-order valence-corrected chi connectivity index (χ3v) is 1.34. The number of unbranched alkanes of at least 4 members (excludes halogenated alkanes) is 1. The van der Waals surface area contributed by atoms with Gasteiger partial charge in [-0.3, -0.25) is 5.43 Å². The molecule has 0 aliphatic carbocycles. The molecule has 0 fully saturated rings. The van der Waals surface area contributed by atoms with Gasteiger partial charge in [0.1, 0.15) is 0 Å². The zero-order chi connectivity index (χ0) is 9.40. The zero-order valence-corrected chi connectivity index (χ0v) is 7.95. The Morgan fingerprint density at radius 3 is 2.67 bits per heavy atom. The highest BCUT2D eigenvalue weighted by Crippen LogP contribution is 1.81.